The first kappa shape index (κ1) is 20.5. The third-order valence-corrected chi connectivity index (χ3v) is 6.59. The quantitative estimate of drug-likeness (QED) is 0.607. The number of sulfone groups is 1. The van der Waals surface area contributed by atoms with Gasteiger partial charge in [-0.2, -0.15) is 0 Å². The maximum atomic E-state index is 13.2. The van der Waals surface area contributed by atoms with Crippen molar-refractivity contribution in [1.29, 1.82) is 0 Å². The molecule has 1 amide bonds. The van der Waals surface area contributed by atoms with Gasteiger partial charge in [-0.05, 0) is 42.3 Å². The smallest absolute Gasteiger partial charge is 0.244 e. The molecule has 0 saturated carbocycles. The summed E-state index contributed by atoms with van der Waals surface area (Å²) in [5.74, 6) is -0.359. The van der Waals surface area contributed by atoms with Crippen LogP contribution in [0.4, 0.5) is 0 Å². The molecule has 5 nitrogen and oxygen atoms in total. The van der Waals surface area contributed by atoms with Gasteiger partial charge in [-0.25, -0.2) is 8.42 Å². The van der Waals surface area contributed by atoms with E-state index in [4.69, 9.17) is 0 Å². The summed E-state index contributed by atoms with van der Waals surface area (Å²) in [6.45, 7) is 1.94. The lowest BCUT2D eigenvalue weighted by molar-refractivity contribution is -0.116. The Morgan fingerprint density at radius 1 is 1.03 bits per heavy atom. The van der Waals surface area contributed by atoms with Crippen LogP contribution >= 0.6 is 0 Å². The molecule has 148 valence electrons. The molecule has 0 unspecified atom stereocenters. The van der Waals surface area contributed by atoms with E-state index in [2.05, 4.69) is 10.3 Å². The second-order valence-corrected chi connectivity index (χ2v) is 8.75. The van der Waals surface area contributed by atoms with Crippen molar-refractivity contribution >= 4 is 21.8 Å². The monoisotopic (exact) mass is 406 g/mol. The molecular weight excluding hydrogens is 384 g/mol. The number of hydrogen-bond acceptors (Lipinski definition) is 4. The number of aromatic nitrogens is 1. The maximum Gasteiger partial charge on any atom is 0.244 e. The molecule has 0 bridgehead atoms. The van der Waals surface area contributed by atoms with Gasteiger partial charge in [0.2, 0.25) is 5.91 Å². The summed E-state index contributed by atoms with van der Waals surface area (Å²) >= 11 is 0. The van der Waals surface area contributed by atoms with Crippen molar-refractivity contribution in [2.24, 2.45) is 0 Å². The molecule has 0 fully saturated rings. The van der Waals surface area contributed by atoms with Crippen molar-refractivity contribution in [2.45, 2.75) is 17.1 Å². The minimum absolute atomic E-state index is 0.0556. The van der Waals surface area contributed by atoms with Crippen molar-refractivity contribution in [3.63, 3.8) is 0 Å². The Morgan fingerprint density at radius 3 is 2.41 bits per heavy atom. The molecule has 0 spiro atoms. The fourth-order valence-electron chi connectivity index (χ4n) is 2.85. The van der Waals surface area contributed by atoms with Gasteiger partial charge >= 0.3 is 0 Å². The molecule has 0 saturated heterocycles. The van der Waals surface area contributed by atoms with E-state index in [9.17, 15) is 13.2 Å². The van der Waals surface area contributed by atoms with E-state index in [-0.39, 0.29) is 17.3 Å². The van der Waals surface area contributed by atoms with Crippen LogP contribution in [0.5, 0.6) is 0 Å². The average Bonchev–Trinajstić information content (AvgIpc) is 2.75. The molecule has 29 heavy (non-hydrogen) atoms. The Bertz CT molecular complexity index is 1080. The first-order chi connectivity index (χ1) is 14.0. The molecular formula is C23H22N2O3S. The lowest BCUT2D eigenvalue weighted by atomic mass is 10.1. The van der Waals surface area contributed by atoms with Crippen LogP contribution in [0.1, 0.15) is 21.9 Å². The molecule has 3 aromatic rings. The molecule has 2 aromatic carbocycles. The summed E-state index contributed by atoms with van der Waals surface area (Å²) in [6.07, 6.45) is 6.19. The molecule has 0 aliphatic rings. The number of benzene rings is 2. The Kier molecular flexibility index (Phi) is 6.57. The predicted molar refractivity (Wildman–Crippen MR) is 114 cm³/mol. The second-order valence-electron chi connectivity index (χ2n) is 6.62. The van der Waals surface area contributed by atoms with Gasteiger partial charge in [0.05, 0.1) is 4.90 Å². The minimum atomic E-state index is -3.70. The number of carbonyl (C=O) groups excluding carboxylic acids is 1. The fraction of sp³-hybridized carbons (Fsp3) is 0.130. The molecule has 1 N–H and O–H groups in total. The van der Waals surface area contributed by atoms with Crippen molar-refractivity contribution in [3.05, 3.63) is 102 Å². The highest BCUT2D eigenvalue weighted by Crippen LogP contribution is 2.27. The molecule has 6 heteroatoms. The van der Waals surface area contributed by atoms with Gasteiger partial charge in [0.1, 0.15) is 5.25 Å². The lowest BCUT2D eigenvalue weighted by Gasteiger charge is -2.18. The van der Waals surface area contributed by atoms with Gasteiger partial charge in [-0.3, -0.25) is 9.78 Å². The fourth-order valence-corrected chi connectivity index (χ4v) is 4.51. The lowest BCUT2D eigenvalue weighted by Crippen LogP contribution is -2.31. The van der Waals surface area contributed by atoms with Crippen molar-refractivity contribution in [2.75, 3.05) is 6.54 Å². The summed E-state index contributed by atoms with van der Waals surface area (Å²) in [6, 6.07) is 19.4. The summed E-state index contributed by atoms with van der Waals surface area (Å²) in [7, 11) is -3.70. The highest BCUT2D eigenvalue weighted by molar-refractivity contribution is 7.91. The number of hydrogen-bond donors (Lipinski definition) is 1. The Labute approximate surface area is 171 Å². The Hall–Kier alpha value is -3.25. The minimum Gasteiger partial charge on any atom is -0.351 e. The first-order valence-corrected chi connectivity index (χ1v) is 10.7. The van der Waals surface area contributed by atoms with E-state index >= 15 is 0 Å². The van der Waals surface area contributed by atoms with Gasteiger partial charge in [-0.1, -0.05) is 54.1 Å². The average molecular weight is 407 g/mol. The normalized spacial score (nSPS) is 12.6. The summed E-state index contributed by atoms with van der Waals surface area (Å²) in [5, 5.41) is 1.77. The zero-order valence-corrected chi connectivity index (χ0v) is 16.8. The molecule has 1 atom stereocenters. The molecule has 0 aliphatic heterocycles. The van der Waals surface area contributed by atoms with Gasteiger partial charge in [0, 0.05) is 25.0 Å². The molecule has 1 heterocycles. The van der Waals surface area contributed by atoms with E-state index < -0.39 is 15.1 Å². The Morgan fingerprint density at radius 2 is 1.76 bits per heavy atom. The number of nitrogens with zero attached hydrogens (tertiary/aromatic N) is 1. The maximum absolute atomic E-state index is 13.2. The largest absolute Gasteiger partial charge is 0.351 e. The van der Waals surface area contributed by atoms with Crippen LogP contribution in [-0.4, -0.2) is 25.9 Å². The second kappa shape index (κ2) is 9.30. The number of rotatable bonds is 7. The SMILES string of the molecule is Cc1ccc(/C=C/C(=O)NC[C@H](c2cccnc2)S(=O)(=O)c2ccccc2)cc1. The van der Waals surface area contributed by atoms with Crippen LogP contribution in [0.15, 0.2) is 90.1 Å². The Balaban J connectivity index is 1.77. The van der Waals surface area contributed by atoms with Crippen molar-refractivity contribution < 1.29 is 13.2 Å². The zero-order chi connectivity index (χ0) is 20.7. The van der Waals surface area contributed by atoms with Crippen LogP contribution in [-0.2, 0) is 14.6 Å². The summed E-state index contributed by atoms with van der Waals surface area (Å²) < 4.78 is 26.3. The number of aryl methyl sites for hydroxylation is 1. The van der Waals surface area contributed by atoms with Crippen LogP contribution in [0.3, 0.4) is 0 Å². The van der Waals surface area contributed by atoms with E-state index in [0.29, 0.717) is 5.56 Å². The topological polar surface area (TPSA) is 76.1 Å². The molecule has 3 rings (SSSR count). The molecule has 0 radical (unpaired) electrons. The third kappa shape index (κ3) is 5.39. The summed E-state index contributed by atoms with van der Waals surface area (Å²) in [4.78, 5) is 16.5. The standard InChI is InChI=1S/C23H22N2O3S/c1-18-9-11-19(12-10-18)13-14-23(26)25-17-22(20-6-5-15-24-16-20)29(27,28)21-7-3-2-4-8-21/h2-16,22H,17H2,1H3,(H,25,26)/b14-13+/t22-/m1/s1. The van der Waals surface area contributed by atoms with Crippen LogP contribution in [0.2, 0.25) is 0 Å². The van der Waals surface area contributed by atoms with E-state index in [1.807, 2.05) is 31.2 Å². The summed E-state index contributed by atoms with van der Waals surface area (Å²) in [5.41, 5.74) is 2.56. The van der Waals surface area contributed by atoms with E-state index in [1.165, 1.54) is 12.3 Å². The van der Waals surface area contributed by atoms with Crippen molar-refractivity contribution in [3.8, 4) is 0 Å². The zero-order valence-electron chi connectivity index (χ0n) is 16.0. The van der Waals surface area contributed by atoms with Crippen molar-refractivity contribution in [1.82, 2.24) is 10.3 Å². The third-order valence-electron chi connectivity index (χ3n) is 4.47. The van der Waals surface area contributed by atoms with Gasteiger partial charge in [0.15, 0.2) is 9.84 Å². The number of nitrogens with one attached hydrogen (secondary N) is 1. The van der Waals surface area contributed by atoms with Crippen LogP contribution < -0.4 is 5.32 Å². The van der Waals surface area contributed by atoms with Crippen LogP contribution in [0.25, 0.3) is 6.08 Å². The predicted octanol–water partition coefficient (Wildman–Crippen LogP) is 3.73. The number of carbonyl (C=O) groups is 1. The van der Waals surface area contributed by atoms with Gasteiger partial charge in [0.25, 0.3) is 0 Å². The molecule has 1 aromatic heterocycles. The van der Waals surface area contributed by atoms with E-state index in [0.717, 1.165) is 11.1 Å². The highest BCUT2D eigenvalue weighted by atomic mass is 32.2. The molecule has 0 aliphatic carbocycles. The first-order valence-electron chi connectivity index (χ1n) is 9.18. The highest BCUT2D eigenvalue weighted by Gasteiger charge is 2.29. The number of amides is 1. The number of pyridine rings is 1. The van der Waals surface area contributed by atoms with E-state index in [1.54, 1.807) is 54.7 Å². The van der Waals surface area contributed by atoms with Gasteiger partial charge < -0.3 is 5.32 Å². The van der Waals surface area contributed by atoms with Crippen LogP contribution in [0, 0.1) is 6.92 Å². The van der Waals surface area contributed by atoms with Gasteiger partial charge in [-0.15, -0.1) is 0 Å².